The molecule has 5 rings (SSSR count). The summed E-state index contributed by atoms with van der Waals surface area (Å²) < 4.78 is 11.5. The van der Waals surface area contributed by atoms with Crippen molar-refractivity contribution in [2.24, 2.45) is 0 Å². The number of para-hydroxylation sites is 1. The summed E-state index contributed by atoms with van der Waals surface area (Å²) in [7, 11) is 0. The second kappa shape index (κ2) is 8.04. The zero-order valence-electron chi connectivity index (χ0n) is 17.6. The van der Waals surface area contributed by atoms with Crippen LogP contribution in [0.3, 0.4) is 0 Å². The lowest BCUT2D eigenvalue weighted by molar-refractivity contribution is 0.548. The first-order valence-corrected chi connectivity index (χ1v) is 10.4. The van der Waals surface area contributed by atoms with Crippen LogP contribution in [0.1, 0.15) is 11.5 Å². The molecular weight excluding hydrogens is 382 g/mol. The van der Waals surface area contributed by atoms with Crippen molar-refractivity contribution in [3.8, 4) is 22.6 Å². The number of aryl methyl sites for hydroxylation is 2. The fraction of sp³-hybridized carbons (Fsp3) is 0.0714. The summed E-state index contributed by atoms with van der Waals surface area (Å²) in [5.74, 6) is 3.59. The van der Waals surface area contributed by atoms with Gasteiger partial charge in [0.15, 0.2) is 0 Å². The number of anilines is 3. The van der Waals surface area contributed by atoms with E-state index in [9.17, 15) is 0 Å². The Morgan fingerprint density at radius 1 is 0.452 bits per heavy atom. The Hall–Kier alpha value is -3.98. The van der Waals surface area contributed by atoms with Crippen molar-refractivity contribution in [2.75, 3.05) is 4.90 Å². The van der Waals surface area contributed by atoms with Crippen molar-refractivity contribution < 1.29 is 8.83 Å². The van der Waals surface area contributed by atoms with E-state index in [1.165, 1.54) is 0 Å². The number of hydrogen-bond donors (Lipinski definition) is 0. The van der Waals surface area contributed by atoms with E-state index in [1.807, 2.05) is 44.2 Å². The molecule has 152 valence electrons. The van der Waals surface area contributed by atoms with Gasteiger partial charge in [-0.2, -0.15) is 0 Å². The van der Waals surface area contributed by atoms with E-state index in [-0.39, 0.29) is 0 Å². The average Bonchev–Trinajstić information content (AvgIpc) is 3.44. The van der Waals surface area contributed by atoms with Crippen molar-refractivity contribution in [2.45, 2.75) is 13.8 Å². The third-order valence-corrected chi connectivity index (χ3v) is 5.32. The van der Waals surface area contributed by atoms with Gasteiger partial charge in [0.1, 0.15) is 23.0 Å². The minimum Gasteiger partial charge on any atom is -0.461 e. The number of furan rings is 2. The SMILES string of the molecule is Cc1ccc(-c2ccc(N(c3ccccc3)c3ccc(-c4ccc(C)o4)cc3)cc2)o1. The van der Waals surface area contributed by atoms with Gasteiger partial charge in [0.2, 0.25) is 0 Å². The third-order valence-electron chi connectivity index (χ3n) is 5.32. The lowest BCUT2D eigenvalue weighted by atomic mass is 10.1. The van der Waals surface area contributed by atoms with Gasteiger partial charge in [-0.05, 0) is 98.8 Å². The molecule has 0 amide bonds. The minimum atomic E-state index is 0.883. The van der Waals surface area contributed by atoms with Gasteiger partial charge in [0, 0.05) is 28.2 Å². The normalized spacial score (nSPS) is 10.9. The summed E-state index contributed by atoms with van der Waals surface area (Å²) in [4.78, 5) is 2.24. The first-order chi connectivity index (χ1) is 15.2. The van der Waals surface area contributed by atoms with Crippen molar-refractivity contribution in [3.05, 3.63) is 115 Å². The Bertz CT molecular complexity index is 1200. The van der Waals surface area contributed by atoms with Gasteiger partial charge in [0.25, 0.3) is 0 Å². The van der Waals surface area contributed by atoms with E-state index in [0.29, 0.717) is 0 Å². The average molecular weight is 405 g/mol. The van der Waals surface area contributed by atoms with E-state index < -0.39 is 0 Å². The maximum atomic E-state index is 5.77. The van der Waals surface area contributed by atoms with E-state index in [0.717, 1.165) is 51.2 Å². The summed E-state index contributed by atoms with van der Waals surface area (Å²) in [5.41, 5.74) is 5.40. The molecule has 0 unspecified atom stereocenters. The Labute approximate surface area is 182 Å². The quantitative estimate of drug-likeness (QED) is 0.294. The molecule has 5 aromatic rings. The molecule has 0 aliphatic rings. The van der Waals surface area contributed by atoms with Crippen LogP contribution in [0.5, 0.6) is 0 Å². The minimum absolute atomic E-state index is 0.883. The molecule has 0 N–H and O–H groups in total. The van der Waals surface area contributed by atoms with Crippen LogP contribution >= 0.6 is 0 Å². The molecule has 3 heteroatoms. The van der Waals surface area contributed by atoms with Gasteiger partial charge in [-0.1, -0.05) is 18.2 Å². The fourth-order valence-corrected chi connectivity index (χ4v) is 3.75. The zero-order chi connectivity index (χ0) is 21.2. The Balaban J connectivity index is 1.52. The van der Waals surface area contributed by atoms with Crippen LogP contribution in [0.15, 0.2) is 112 Å². The molecule has 3 nitrogen and oxygen atoms in total. The highest BCUT2D eigenvalue weighted by Gasteiger charge is 2.13. The van der Waals surface area contributed by atoms with Crippen LogP contribution in [-0.4, -0.2) is 0 Å². The number of hydrogen-bond acceptors (Lipinski definition) is 3. The summed E-state index contributed by atoms with van der Waals surface area (Å²) >= 11 is 0. The maximum absolute atomic E-state index is 5.77. The second-order valence-corrected chi connectivity index (χ2v) is 7.59. The first-order valence-electron chi connectivity index (χ1n) is 10.4. The van der Waals surface area contributed by atoms with Crippen LogP contribution < -0.4 is 4.90 Å². The standard InChI is InChI=1S/C28H23NO2/c1-20-8-18-27(30-20)22-10-14-25(15-11-22)29(24-6-4-3-5-7-24)26-16-12-23(13-17-26)28-19-9-21(2)31-28/h3-19H,1-2H3. The molecule has 31 heavy (non-hydrogen) atoms. The summed E-state index contributed by atoms with van der Waals surface area (Å²) in [6.07, 6.45) is 0. The van der Waals surface area contributed by atoms with E-state index in [4.69, 9.17) is 8.83 Å². The molecule has 0 aliphatic carbocycles. The Morgan fingerprint density at radius 2 is 0.871 bits per heavy atom. The summed E-state index contributed by atoms with van der Waals surface area (Å²) in [5, 5.41) is 0. The van der Waals surface area contributed by atoms with Crippen molar-refractivity contribution in [1.29, 1.82) is 0 Å². The maximum Gasteiger partial charge on any atom is 0.134 e. The molecule has 0 spiro atoms. The Morgan fingerprint density at radius 3 is 1.26 bits per heavy atom. The number of rotatable bonds is 5. The van der Waals surface area contributed by atoms with Gasteiger partial charge < -0.3 is 13.7 Å². The highest BCUT2D eigenvalue weighted by molar-refractivity contribution is 5.78. The highest BCUT2D eigenvalue weighted by atomic mass is 16.3. The molecule has 3 aromatic carbocycles. The molecule has 0 fully saturated rings. The molecule has 0 bridgehead atoms. The Kier molecular flexibility index (Phi) is 4.93. The van der Waals surface area contributed by atoms with Crippen LogP contribution in [0.25, 0.3) is 22.6 Å². The summed E-state index contributed by atoms with van der Waals surface area (Å²) in [6.45, 7) is 3.92. The van der Waals surface area contributed by atoms with Crippen molar-refractivity contribution >= 4 is 17.1 Å². The van der Waals surface area contributed by atoms with Crippen LogP contribution in [0, 0.1) is 13.8 Å². The smallest absolute Gasteiger partial charge is 0.134 e. The largest absolute Gasteiger partial charge is 0.461 e. The van der Waals surface area contributed by atoms with Gasteiger partial charge in [-0.3, -0.25) is 0 Å². The molecule has 0 aliphatic heterocycles. The van der Waals surface area contributed by atoms with Crippen molar-refractivity contribution in [1.82, 2.24) is 0 Å². The lowest BCUT2D eigenvalue weighted by Gasteiger charge is -2.25. The van der Waals surface area contributed by atoms with Crippen LogP contribution in [0.2, 0.25) is 0 Å². The van der Waals surface area contributed by atoms with Gasteiger partial charge >= 0.3 is 0 Å². The third kappa shape index (κ3) is 3.90. The predicted octanol–water partition coefficient (Wildman–Crippen LogP) is 8.29. The number of nitrogens with zero attached hydrogens (tertiary/aromatic N) is 1. The fourth-order valence-electron chi connectivity index (χ4n) is 3.75. The predicted molar refractivity (Wildman–Crippen MR) is 126 cm³/mol. The van der Waals surface area contributed by atoms with Gasteiger partial charge in [0.05, 0.1) is 0 Å². The van der Waals surface area contributed by atoms with Crippen molar-refractivity contribution in [3.63, 3.8) is 0 Å². The molecule has 0 saturated carbocycles. The van der Waals surface area contributed by atoms with Gasteiger partial charge in [-0.25, -0.2) is 0 Å². The molecule has 0 radical (unpaired) electrons. The van der Waals surface area contributed by atoms with Crippen LogP contribution in [0.4, 0.5) is 17.1 Å². The number of benzene rings is 3. The van der Waals surface area contributed by atoms with E-state index in [1.54, 1.807) is 0 Å². The van der Waals surface area contributed by atoms with E-state index in [2.05, 4.69) is 77.7 Å². The second-order valence-electron chi connectivity index (χ2n) is 7.59. The monoisotopic (exact) mass is 405 g/mol. The molecule has 0 atom stereocenters. The molecule has 0 saturated heterocycles. The molecule has 2 heterocycles. The first kappa shape index (κ1) is 19.0. The zero-order valence-corrected chi connectivity index (χ0v) is 17.6. The topological polar surface area (TPSA) is 29.5 Å². The van der Waals surface area contributed by atoms with Gasteiger partial charge in [-0.15, -0.1) is 0 Å². The molecular formula is C28H23NO2. The summed E-state index contributed by atoms with van der Waals surface area (Å²) in [6, 6.07) is 35.3. The molecule has 2 aromatic heterocycles. The van der Waals surface area contributed by atoms with E-state index >= 15 is 0 Å². The van der Waals surface area contributed by atoms with Crippen LogP contribution in [-0.2, 0) is 0 Å². The highest BCUT2D eigenvalue weighted by Crippen LogP contribution is 2.36. The lowest BCUT2D eigenvalue weighted by Crippen LogP contribution is -2.09.